The van der Waals surface area contributed by atoms with Gasteiger partial charge in [-0.3, -0.25) is 0 Å². The highest BCUT2D eigenvalue weighted by molar-refractivity contribution is 5.73. The molecule has 132 valence electrons. The van der Waals surface area contributed by atoms with E-state index >= 15 is 0 Å². The van der Waals surface area contributed by atoms with Gasteiger partial charge in [0.25, 0.3) is 0 Å². The van der Waals surface area contributed by atoms with Crippen LogP contribution in [0.5, 0.6) is 0 Å². The molecule has 12 heteroatoms. The Morgan fingerprint density at radius 3 is 2.30 bits per heavy atom. The summed E-state index contributed by atoms with van der Waals surface area (Å²) in [4.78, 5) is 14.5. The first kappa shape index (κ1) is 19.1. The number of alkyl halides is 6. The molecule has 0 aromatic carbocycles. The van der Waals surface area contributed by atoms with Crippen molar-refractivity contribution < 1.29 is 36.2 Å². The Kier molecular flexibility index (Phi) is 5.51. The lowest BCUT2D eigenvalue weighted by Gasteiger charge is -2.29. The zero-order valence-electron chi connectivity index (χ0n) is 11.8. The quantitative estimate of drug-likeness (QED) is 0.704. The van der Waals surface area contributed by atoms with Gasteiger partial charge >= 0.3 is 18.4 Å². The van der Waals surface area contributed by atoms with Crippen LogP contribution in [0.15, 0.2) is 12.4 Å². The molecule has 0 unspecified atom stereocenters. The normalized spacial score (nSPS) is 15.1. The fraction of sp³-hybridized carbons (Fsp3) is 0.636. The molecule has 1 heterocycles. The van der Waals surface area contributed by atoms with Gasteiger partial charge in [-0.2, -0.15) is 26.3 Å². The molecule has 0 aliphatic heterocycles. The van der Waals surface area contributed by atoms with Crippen molar-refractivity contribution in [2.75, 3.05) is 13.1 Å². The van der Waals surface area contributed by atoms with Crippen molar-refractivity contribution in [2.24, 2.45) is 7.05 Å². The van der Waals surface area contributed by atoms with Gasteiger partial charge in [-0.25, -0.2) is 9.78 Å². The van der Waals surface area contributed by atoms with Gasteiger partial charge < -0.3 is 20.3 Å². The van der Waals surface area contributed by atoms with Crippen LogP contribution in [-0.4, -0.2) is 46.1 Å². The van der Waals surface area contributed by atoms with E-state index in [1.165, 1.54) is 18.6 Å². The number of nitrogens with one attached hydrogen (secondary N) is 2. The summed E-state index contributed by atoms with van der Waals surface area (Å²) in [5.41, 5.74) is -3.34. The van der Waals surface area contributed by atoms with E-state index in [1.807, 2.05) is 5.32 Å². The number of hydrogen-bond acceptors (Lipinski definition) is 3. The van der Waals surface area contributed by atoms with E-state index in [2.05, 4.69) is 4.98 Å². The molecule has 0 bridgehead atoms. The highest BCUT2D eigenvalue weighted by atomic mass is 19.4. The molecule has 1 rings (SSSR count). The molecule has 0 aliphatic rings. The number of urea groups is 1. The lowest BCUT2D eigenvalue weighted by molar-refractivity contribution is -0.272. The Hall–Kier alpha value is -1.98. The van der Waals surface area contributed by atoms with Crippen LogP contribution < -0.4 is 10.6 Å². The summed E-state index contributed by atoms with van der Waals surface area (Å²) in [6.07, 6.45) is -8.50. The lowest BCUT2D eigenvalue weighted by Crippen LogP contribution is -2.48. The molecule has 1 aromatic heterocycles. The van der Waals surface area contributed by atoms with Gasteiger partial charge in [0.2, 0.25) is 5.60 Å². The summed E-state index contributed by atoms with van der Waals surface area (Å²) in [5, 5.41) is 13.2. The standard InChI is InChI=1S/C11H14F6N4O2/c1-21-5-4-18-7(21)9(23,11(15,16)17)2-3-19-8(22)20-6-10(12,13)14/h4-5,23H,2-3,6H2,1H3,(H2,19,20,22)/t9-/m0/s1. The zero-order valence-corrected chi connectivity index (χ0v) is 11.8. The molecule has 0 radical (unpaired) electrons. The van der Waals surface area contributed by atoms with Gasteiger partial charge in [0.15, 0.2) is 0 Å². The van der Waals surface area contributed by atoms with E-state index in [4.69, 9.17) is 0 Å². The van der Waals surface area contributed by atoms with Crippen LogP contribution in [0.1, 0.15) is 12.2 Å². The second-order valence-corrected chi connectivity index (χ2v) is 4.69. The van der Waals surface area contributed by atoms with Gasteiger partial charge in [0.05, 0.1) is 0 Å². The second-order valence-electron chi connectivity index (χ2n) is 4.69. The second kappa shape index (κ2) is 6.64. The third-order valence-corrected chi connectivity index (χ3v) is 2.88. The summed E-state index contributed by atoms with van der Waals surface area (Å²) >= 11 is 0. The molecule has 6 nitrogen and oxygen atoms in total. The van der Waals surface area contributed by atoms with E-state index in [-0.39, 0.29) is 0 Å². The van der Waals surface area contributed by atoms with E-state index < -0.39 is 49.3 Å². The summed E-state index contributed by atoms with van der Waals surface area (Å²) in [5.74, 6) is -0.692. The third kappa shape index (κ3) is 5.01. The Labute approximate surface area is 126 Å². The summed E-state index contributed by atoms with van der Waals surface area (Å²) in [6.45, 7) is -2.34. The monoisotopic (exact) mass is 348 g/mol. The number of aromatic nitrogens is 2. The van der Waals surface area contributed by atoms with Crippen LogP contribution in [0.4, 0.5) is 31.1 Å². The Balaban J connectivity index is 2.68. The van der Waals surface area contributed by atoms with Crippen molar-refractivity contribution >= 4 is 6.03 Å². The van der Waals surface area contributed by atoms with Gasteiger partial charge in [0.1, 0.15) is 12.4 Å². The average molecular weight is 348 g/mol. The Bertz CT molecular complexity index is 541. The molecule has 0 saturated carbocycles. The minimum absolute atomic E-state index is 0.692. The van der Waals surface area contributed by atoms with E-state index in [1.54, 1.807) is 0 Å². The Morgan fingerprint density at radius 2 is 1.87 bits per heavy atom. The van der Waals surface area contributed by atoms with E-state index in [0.29, 0.717) is 0 Å². The van der Waals surface area contributed by atoms with Crippen LogP contribution in [0, 0.1) is 0 Å². The predicted octanol–water partition coefficient (Wildman–Crippen LogP) is 1.42. The number of halogens is 6. The zero-order chi connectivity index (χ0) is 17.9. The van der Waals surface area contributed by atoms with Gasteiger partial charge in [-0.1, -0.05) is 0 Å². The molecule has 0 spiro atoms. The number of rotatable bonds is 5. The Morgan fingerprint density at radius 1 is 1.26 bits per heavy atom. The van der Waals surface area contributed by atoms with Crippen LogP contribution in [-0.2, 0) is 12.6 Å². The van der Waals surface area contributed by atoms with E-state index in [9.17, 15) is 36.2 Å². The number of aliphatic hydroxyl groups is 1. The molecule has 2 amide bonds. The van der Waals surface area contributed by atoms with Crippen LogP contribution in [0.2, 0.25) is 0 Å². The number of carbonyl (C=O) groups is 1. The maximum atomic E-state index is 13.1. The fourth-order valence-corrected chi connectivity index (χ4v) is 1.74. The predicted molar refractivity (Wildman–Crippen MR) is 65.2 cm³/mol. The first-order valence-corrected chi connectivity index (χ1v) is 6.22. The van der Waals surface area contributed by atoms with Gasteiger partial charge in [-0.05, 0) is 0 Å². The number of hydrogen-bond donors (Lipinski definition) is 3. The van der Waals surface area contributed by atoms with Crippen molar-refractivity contribution in [1.29, 1.82) is 0 Å². The largest absolute Gasteiger partial charge is 0.424 e. The summed E-state index contributed by atoms with van der Waals surface area (Å²) < 4.78 is 75.9. The van der Waals surface area contributed by atoms with Crippen molar-refractivity contribution in [1.82, 2.24) is 20.2 Å². The first-order chi connectivity index (χ1) is 10.4. The van der Waals surface area contributed by atoms with Crippen molar-refractivity contribution in [3.05, 3.63) is 18.2 Å². The van der Waals surface area contributed by atoms with E-state index in [0.717, 1.165) is 10.8 Å². The molecule has 1 atom stereocenters. The maximum Gasteiger partial charge on any atom is 0.424 e. The van der Waals surface area contributed by atoms with Gasteiger partial charge in [0, 0.05) is 32.4 Å². The highest BCUT2D eigenvalue weighted by Gasteiger charge is 2.57. The molecule has 0 fully saturated rings. The van der Waals surface area contributed by atoms with Crippen molar-refractivity contribution in [3.8, 4) is 0 Å². The smallest absolute Gasteiger partial charge is 0.374 e. The molecular formula is C11H14F6N4O2. The molecule has 23 heavy (non-hydrogen) atoms. The van der Waals surface area contributed by atoms with Crippen molar-refractivity contribution in [2.45, 2.75) is 24.4 Å². The van der Waals surface area contributed by atoms with Crippen LogP contribution in [0.25, 0.3) is 0 Å². The number of carbonyl (C=O) groups excluding carboxylic acids is 1. The molecule has 0 saturated heterocycles. The minimum atomic E-state index is -5.09. The topological polar surface area (TPSA) is 79.2 Å². The van der Waals surface area contributed by atoms with Crippen LogP contribution >= 0.6 is 0 Å². The average Bonchev–Trinajstić information content (AvgIpc) is 2.80. The lowest BCUT2D eigenvalue weighted by atomic mass is 9.97. The minimum Gasteiger partial charge on any atom is -0.374 e. The maximum absolute atomic E-state index is 13.1. The summed E-state index contributed by atoms with van der Waals surface area (Å²) in [7, 11) is 1.24. The SMILES string of the molecule is Cn1ccnc1[C@@](O)(CCNC(=O)NCC(F)(F)F)C(F)(F)F. The molecular weight excluding hydrogens is 334 g/mol. The number of aryl methyl sites for hydroxylation is 1. The first-order valence-electron chi connectivity index (χ1n) is 6.22. The number of amides is 2. The molecule has 1 aromatic rings. The third-order valence-electron chi connectivity index (χ3n) is 2.88. The molecule has 3 N–H and O–H groups in total. The van der Waals surface area contributed by atoms with Gasteiger partial charge in [-0.15, -0.1) is 0 Å². The number of imidazole rings is 1. The fourth-order valence-electron chi connectivity index (χ4n) is 1.74. The molecule has 0 aliphatic carbocycles. The van der Waals surface area contributed by atoms with Crippen LogP contribution in [0.3, 0.4) is 0 Å². The number of nitrogens with zero attached hydrogens (tertiary/aromatic N) is 2. The highest BCUT2D eigenvalue weighted by Crippen LogP contribution is 2.40. The summed E-state index contributed by atoms with van der Waals surface area (Å²) in [6, 6.07) is -1.30. The van der Waals surface area contributed by atoms with Crippen molar-refractivity contribution in [3.63, 3.8) is 0 Å².